The van der Waals surface area contributed by atoms with Crippen LogP contribution in [0.5, 0.6) is 11.5 Å². The summed E-state index contributed by atoms with van der Waals surface area (Å²) in [5.74, 6) is -0.0657. The van der Waals surface area contributed by atoms with Crippen LogP contribution in [0, 0.1) is 20.2 Å². The lowest BCUT2D eigenvalue weighted by molar-refractivity contribution is -0.790. The van der Waals surface area contributed by atoms with Crippen LogP contribution in [0.15, 0.2) is 24.3 Å². The van der Waals surface area contributed by atoms with Gasteiger partial charge in [0.25, 0.3) is 10.2 Å². The Bertz CT molecular complexity index is 709. The number of methoxy groups -OCH3 is 1. The van der Waals surface area contributed by atoms with Crippen molar-refractivity contribution in [3.05, 3.63) is 50.1 Å². The molecule has 12 nitrogen and oxygen atoms in total. The molecule has 0 aliphatic heterocycles. The number of benzene rings is 1. The second kappa shape index (κ2) is 11.9. The van der Waals surface area contributed by atoms with Crippen LogP contribution >= 0.6 is 0 Å². The topological polar surface area (TPSA) is 163 Å². The third-order valence-electron chi connectivity index (χ3n) is 3.48. The summed E-state index contributed by atoms with van der Waals surface area (Å²) in [6.07, 6.45) is 2.89. The molecule has 1 amide bonds. The zero-order valence-corrected chi connectivity index (χ0v) is 15.1. The van der Waals surface area contributed by atoms with E-state index >= 15 is 0 Å². The van der Waals surface area contributed by atoms with E-state index in [2.05, 4.69) is 15.0 Å². The van der Waals surface area contributed by atoms with Gasteiger partial charge < -0.3 is 24.8 Å². The minimum Gasteiger partial charge on any atom is -0.504 e. The summed E-state index contributed by atoms with van der Waals surface area (Å²) in [5.41, 5.74) is 0.662. The SMILES string of the molecule is COc1cc(/C=C/C(=O)NCCCCC(CO[N+](=O)[O-])O[N+](=O)[O-])ccc1O. The van der Waals surface area contributed by atoms with E-state index in [9.17, 15) is 30.1 Å². The van der Waals surface area contributed by atoms with Gasteiger partial charge in [-0.1, -0.05) is 6.07 Å². The van der Waals surface area contributed by atoms with Crippen molar-refractivity contribution in [3.63, 3.8) is 0 Å². The largest absolute Gasteiger partial charge is 0.504 e. The second-order valence-electron chi connectivity index (χ2n) is 5.52. The highest BCUT2D eigenvalue weighted by Gasteiger charge is 2.15. The van der Waals surface area contributed by atoms with Crippen LogP contribution in [0.1, 0.15) is 24.8 Å². The maximum atomic E-state index is 11.8. The number of phenolic OH excluding ortho intramolecular Hbond substituents is 1. The quantitative estimate of drug-likeness (QED) is 0.216. The number of amides is 1. The van der Waals surface area contributed by atoms with Crippen LogP contribution in [0.4, 0.5) is 0 Å². The molecule has 0 radical (unpaired) electrons. The van der Waals surface area contributed by atoms with Gasteiger partial charge in [0.1, 0.15) is 12.7 Å². The summed E-state index contributed by atoms with van der Waals surface area (Å²) in [7, 11) is 1.42. The summed E-state index contributed by atoms with van der Waals surface area (Å²) in [5, 5.41) is 30.6. The zero-order chi connectivity index (χ0) is 20.9. The molecule has 0 saturated heterocycles. The van der Waals surface area contributed by atoms with Gasteiger partial charge in [-0.15, -0.1) is 20.2 Å². The third-order valence-corrected chi connectivity index (χ3v) is 3.48. The predicted molar refractivity (Wildman–Crippen MR) is 95.4 cm³/mol. The van der Waals surface area contributed by atoms with Crippen LogP contribution < -0.4 is 10.1 Å². The number of rotatable bonds is 13. The summed E-state index contributed by atoms with van der Waals surface area (Å²) < 4.78 is 4.97. The number of nitrogens with one attached hydrogen (secondary N) is 1. The van der Waals surface area contributed by atoms with Crippen molar-refractivity contribution in [1.82, 2.24) is 5.32 Å². The fraction of sp³-hybridized carbons (Fsp3) is 0.438. The molecular weight excluding hydrogens is 378 g/mol. The molecule has 0 aliphatic rings. The average molecular weight is 399 g/mol. The first-order valence-electron chi connectivity index (χ1n) is 8.23. The van der Waals surface area contributed by atoms with Crippen molar-refractivity contribution in [2.75, 3.05) is 20.3 Å². The molecule has 0 aromatic heterocycles. The molecule has 28 heavy (non-hydrogen) atoms. The van der Waals surface area contributed by atoms with E-state index in [4.69, 9.17) is 4.74 Å². The molecule has 1 rings (SSSR count). The van der Waals surface area contributed by atoms with Crippen molar-refractivity contribution in [2.45, 2.75) is 25.4 Å². The summed E-state index contributed by atoms with van der Waals surface area (Å²) in [6, 6.07) is 4.63. The van der Waals surface area contributed by atoms with Gasteiger partial charge in [-0.3, -0.25) is 4.79 Å². The van der Waals surface area contributed by atoms with Crippen molar-refractivity contribution >= 4 is 12.0 Å². The molecular formula is C16H21N3O9. The Morgan fingerprint density at radius 3 is 2.68 bits per heavy atom. The molecule has 0 fully saturated rings. The van der Waals surface area contributed by atoms with Gasteiger partial charge in [-0.05, 0) is 43.0 Å². The Kier molecular flexibility index (Phi) is 9.58. The number of hydrogen-bond acceptors (Lipinski definition) is 9. The first-order valence-corrected chi connectivity index (χ1v) is 8.23. The smallest absolute Gasteiger partial charge is 0.294 e. The lowest BCUT2D eigenvalue weighted by Gasteiger charge is -2.13. The van der Waals surface area contributed by atoms with Gasteiger partial charge in [0.15, 0.2) is 11.5 Å². The molecule has 1 unspecified atom stereocenters. The molecule has 0 aliphatic carbocycles. The van der Waals surface area contributed by atoms with Gasteiger partial charge in [0.2, 0.25) is 5.91 Å². The van der Waals surface area contributed by atoms with Gasteiger partial charge >= 0.3 is 0 Å². The van der Waals surface area contributed by atoms with Crippen molar-refractivity contribution in [1.29, 1.82) is 0 Å². The maximum absolute atomic E-state index is 11.8. The highest BCUT2D eigenvalue weighted by Crippen LogP contribution is 2.26. The average Bonchev–Trinajstić information content (AvgIpc) is 2.64. The van der Waals surface area contributed by atoms with Crippen molar-refractivity contribution < 1.29 is 34.5 Å². The number of unbranched alkanes of at least 4 members (excludes halogenated alkanes) is 1. The Balaban J connectivity index is 2.33. The Morgan fingerprint density at radius 2 is 2.04 bits per heavy atom. The molecule has 1 aromatic rings. The van der Waals surface area contributed by atoms with Crippen LogP contribution in [0.25, 0.3) is 6.08 Å². The fourth-order valence-electron chi connectivity index (χ4n) is 2.17. The molecule has 0 spiro atoms. The van der Waals surface area contributed by atoms with Crippen LogP contribution in [0.3, 0.4) is 0 Å². The Hall–Kier alpha value is -3.57. The van der Waals surface area contributed by atoms with E-state index in [1.54, 1.807) is 18.2 Å². The zero-order valence-electron chi connectivity index (χ0n) is 15.1. The molecule has 0 heterocycles. The van der Waals surface area contributed by atoms with Gasteiger partial charge in [0, 0.05) is 12.6 Å². The Labute approximate surface area is 159 Å². The molecule has 2 N–H and O–H groups in total. The minimum atomic E-state index is -1.06. The molecule has 12 heteroatoms. The monoisotopic (exact) mass is 399 g/mol. The molecule has 154 valence electrons. The van der Waals surface area contributed by atoms with E-state index < -0.39 is 22.9 Å². The number of hydrogen-bond donors (Lipinski definition) is 2. The van der Waals surface area contributed by atoms with Crippen molar-refractivity contribution in [3.8, 4) is 11.5 Å². The highest BCUT2D eigenvalue weighted by atomic mass is 17.0. The van der Waals surface area contributed by atoms with Gasteiger partial charge in [-0.25, -0.2) is 0 Å². The van der Waals surface area contributed by atoms with Crippen molar-refractivity contribution in [2.24, 2.45) is 0 Å². The molecule has 1 aromatic carbocycles. The Morgan fingerprint density at radius 1 is 1.29 bits per heavy atom. The first kappa shape index (κ1) is 22.5. The molecule has 0 bridgehead atoms. The lowest BCUT2D eigenvalue weighted by atomic mass is 10.1. The fourth-order valence-corrected chi connectivity index (χ4v) is 2.17. The van der Waals surface area contributed by atoms with Gasteiger partial charge in [0.05, 0.1) is 7.11 Å². The van der Waals surface area contributed by atoms with E-state index in [0.717, 1.165) is 0 Å². The molecule has 1 atom stereocenters. The summed E-state index contributed by atoms with van der Waals surface area (Å²) >= 11 is 0. The minimum absolute atomic E-state index is 0.00734. The van der Waals surface area contributed by atoms with Crippen LogP contribution in [-0.2, 0) is 14.5 Å². The number of carbonyl (C=O) groups excluding carboxylic acids is 1. The predicted octanol–water partition coefficient (Wildman–Crippen LogP) is 1.49. The third kappa shape index (κ3) is 9.22. The maximum Gasteiger partial charge on any atom is 0.294 e. The number of aromatic hydroxyl groups is 1. The summed E-state index contributed by atoms with van der Waals surface area (Å²) in [4.78, 5) is 40.7. The van der Waals surface area contributed by atoms with E-state index in [-0.39, 0.29) is 23.8 Å². The van der Waals surface area contributed by atoms with Gasteiger partial charge in [-0.2, -0.15) is 0 Å². The number of phenols is 1. The van der Waals surface area contributed by atoms with Crippen LogP contribution in [0.2, 0.25) is 0 Å². The summed E-state index contributed by atoms with van der Waals surface area (Å²) in [6.45, 7) is -0.234. The first-order chi connectivity index (χ1) is 13.3. The number of ether oxygens (including phenoxy) is 1. The van der Waals surface area contributed by atoms with E-state index in [1.807, 2.05) is 0 Å². The standard InChI is InChI=1S/C16H21N3O9/c1-26-15-10-12(5-7-14(15)20)6-8-16(21)17-9-3-2-4-13(28-19(24)25)11-27-18(22)23/h5-8,10,13,20H,2-4,9,11H2,1H3,(H,17,21)/b8-6+. The normalized spacial score (nSPS) is 11.6. The highest BCUT2D eigenvalue weighted by molar-refractivity contribution is 5.91. The van der Waals surface area contributed by atoms with Crippen LogP contribution in [-0.4, -0.2) is 47.6 Å². The molecule has 0 saturated carbocycles. The van der Waals surface area contributed by atoms with E-state index in [0.29, 0.717) is 24.9 Å². The van der Waals surface area contributed by atoms with E-state index in [1.165, 1.54) is 19.3 Å². The lowest BCUT2D eigenvalue weighted by Crippen LogP contribution is -2.25. The second-order valence-corrected chi connectivity index (χ2v) is 5.52. The number of carbonyl (C=O) groups is 1. The number of nitrogens with zero attached hydrogens (tertiary/aromatic N) is 2.